The predicted octanol–water partition coefficient (Wildman–Crippen LogP) is 3.33. The molecule has 4 rings (SSSR count). The van der Waals surface area contributed by atoms with Crippen molar-refractivity contribution in [3.05, 3.63) is 89.0 Å². The first-order chi connectivity index (χ1) is 16.0. The number of nitrogens with one attached hydrogen (secondary N) is 2. The van der Waals surface area contributed by atoms with E-state index in [1.807, 2.05) is 29.0 Å². The largest absolute Gasteiger partial charge is 0.377 e. The molecule has 0 aliphatic carbocycles. The topological polar surface area (TPSA) is 118 Å². The molecular formula is C25H26N4O4S. The first kappa shape index (κ1) is 23.6. The molecule has 1 aromatic heterocycles. The van der Waals surface area contributed by atoms with Crippen molar-refractivity contribution < 1.29 is 18.0 Å². The molecule has 3 aromatic rings. The van der Waals surface area contributed by atoms with Crippen molar-refractivity contribution in [2.75, 3.05) is 11.6 Å². The first-order valence-electron chi connectivity index (χ1n) is 10.8. The summed E-state index contributed by atoms with van der Waals surface area (Å²) in [6.45, 7) is 4.27. The second-order valence-corrected chi connectivity index (χ2v) is 11.0. The summed E-state index contributed by atoms with van der Waals surface area (Å²) in [5, 5.41) is 3.57. The van der Waals surface area contributed by atoms with Crippen molar-refractivity contribution in [2.45, 2.75) is 32.7 Å². The van der Waals surface area contributed by atoms with Crippen LogP contribution in [-0.2, 0) is 22.9 Å². The van der Waals surface area contributed by atoms with E-state index in [0.29, 0.717) is 17.7 Å². The number of aromatic nitrogens is 2. The predicted molar refractivity (Wildman–Crippen MR) is 129 cm³/mol. The van der Waals surface area contributed by atoms with Gasteiger partial charge in [-0.1, -0.05) is 38.1 Å². The number of rotatable bonds is 6. The highest BCUT2D eigenvalue weighted by molar-refractivity contribution is 7.89. The molecule has 0 fully saturated rings. The number of amides is 1. The summed E-state index contributed by atoms with van der Waals surface area (Å²) in [5.74, 6) is -0.739. The van der Waals surface area contributed by atoms with Crippen LogP contribution in [0.2, 0.25) is 0 Å². The van der Waals surface area contributed by atoms with E-state index in [1.54, 1.807) is 18.2 Å². The lowest BCUT2D eigenvalue weighted by Gasteiger charge is -2.41. The number of fused-ring (bicyclic) bond motifs is 1. The van der Waals surface area contributed by atoms with Crippen LogP contribution in [0.15, 0.2) is 61.1 Å². The van der Waals surface area contributed by atoms with Gasteiger partial charge in [-0.05, 0) is 46.7 Å². The van der Waals surface area contributed by atoms with Crippen LogP contribution in [0.3, 0.4) is 0 Å². The molecule has 2 aromatic carbocycles. The van der Waals surface area contributed by atoms with Crippen LogP contribution in [0.1, 0.15) is 57.4 Å². The molecular weight excluding hydrogens is 452 g/mol. The molecule has 9 heteroatoms. The van der Waals surface area contributed by atoms with E-state index in [-0.39, 0.29) is 23.7 Å². The first-order valence-corrected chi connectivity index (χ1v) is 12.7. The van der Waals surface area contributed by atoms with Gasteiger partial charge in [0.25, 0.3) is 5.91 Å². The van der Waals surface area contributed by atoms with E-state index >= 15 is 0 Å². The van der Waals surface area contributed by atoms with Crippen LogP contribution in [0.25, 0.3) is 0 Å². The van der Waals surface area contributed by atoms with Crippen LogP contribution in [-0.4, -0.2) is 36.3 Å². The van der Waals surface area contributed by atoms with Gasteiger partial charge in [0.2, 0.25) is 10.0 Å². The monoisotopic (exact) mass is 478 g/mol. The number of carbonyl (C=O) groups excluding carboxylic acids is 2. The van der Waals surface area contributed by atoms with Crippen molar-refractivity contribution in [3.8, 4) is 0 Å². The third-order valence-electron chi connectivity index (χ3n) is 5.87. The molecule has 2 N–H and O–H groups in total. The molecule has 0 bridgehead atoms. The minimum absolute atomic E-state index is 0.0257. The van der Waals surface area contributed by atoms with Crippen LogP contribution in [0, 0.1) is 5.41 Å². The van der Waals surface area contributed by atoms with Gasteiger partial charge < -0.3 is 5.32 Å². The molecule has 1 aliphatic heterocycles. The highest BCUT2D eigenvalue weighted by Crippen LogP contribution is 2.45. The second-order valence-electron chi connectivity index (χ2n) is 9.25. The van der Waals surface area contributed by atoms with E-state index < -0.39 is 15.9 Å². The van der Waals surface area contributed by atoms with Crippen LogP contribution in [0.4, 0.5) is 5.69 Å². The molecule has 176 valence electrons. The summed E-state index contributed by atoms with van der Waals surface area (Å²) < 4.78 is 24.8. The van der Waals surface area contributed by atoms with Gasteiger partial charge >= 0.3 is 0 Å². The maximum Gasteiger partial charge on any atom is 0.264 e. The highest BCUT2D eigenvalue weighted by atomic mass is 32.2. The zero-order valence-electron chi connectivity index (χ0n) is 19.2. The van der Waals surface area contributed by atoms with E-state index in [9.17, 15) is 18.0 Å². The Hall–Kier alpha value is -3.59. The van der Waals surface area contributed by atoms with Crippen molar-refractivity contribution in [3.63, 3.8) is 0 Å². The third-order valence-corrected chi connectivity index (χ3v) is 6.43. The van der Waals surface area contributed by atoms with E-state index in [4.69, 9.17) is 0 Å². The number of carbonyl (C=O) groups is 2. The Bertz CT molecular complexity index is 1350. The highest BCUT2D eigenvalue weighted by Gasteiger charge is 2.36. The van der Waals surface area contributed by atoms with Gasteiger partial charge in [0.1, 0.15) is 5.69 Å². The second kappa shape index (κ2) is 8.98. The number of anilines is 1. The van der Waals surface area contributed by atoms with Crippen molar-refractivity contribution in [2.24, 2.45) is 5.41 Å². The Morgan fingerprint density at radius 1 is 1.15 bits per heavy atom. The summed E-state index contributed by atoms with van der Waals surface area (Å²) >= 11 is 0. The molecule has 1 amide bonds. The molecule has 0 spiro atoms. The Morgan fingerprint density at radius 3 is 2.65 bits per heavy atom. The summed E-state index contributed by atoms with van der Waals surface area (Å²) in [7, 11) is -3.64. The standard InChI is InChI=1S/C25H26N4O4S/c1-25(2)14-19-13-18(24(31)29-34(3,32)33)7-8-20(19)28-23(25)17-6-4-5-16(11-17)12-22(30)21-15-26-9-10-27-21/h4-11,13,15,23,28H,12,14H2,1-3H3,(H,29,31). The molecule has 1 unspecified atom stereocenters. The van der Waals surface area contributed by atoms with E-state index in [1.165, 1.54) is 18.6 Å². The van der Waals surface area contributed by atoms with Crippen molar-refractivity contribution in [1.29, 1.82) is 0 Å². The average molecular weight is 479 g/mol. The molecule has 34 heavy (non-hydrogen) atoms. The number of Topliss-reactive ketones (excluding diaryl/α,β-unsaturated/α-hetero) is 1. The minimum Gasteiger partial charge on any atom is -0.377 e. The molecule has 1 aliphatic rings. The van der Waals surface area contributed by atoms with E-state index in [0.717, 1.165) is 28.6 Å². The quantitative estimate of drug-likeness (QED) is 0.522. The average Bonchev–Trinajstić information content (AvgIpc) is 2.77. The van der Waals surface area contributed by atoms with Crippen molar-refractivity contribution in [1.82, 2.24) is 14.7 Å². The Labute approximate surface area is 198 Å². The van der Waals surface area contributed by atoms with Gasteiger partial charge in [0, 0.05) is 30.1 Å². The van der Waals surface area contributed by atoms with Gasteiger partial charge in [0.15, 0.2) is 5.78 Å². The zero-order valence-corrected chi connectivity index (χ0v) is 20.0. The van der Waals surface area contributed by atoms with Crippen LogP contribution >= 0.6 is 0 Å². The van der Waals surface area contributed by atoms with Gasteiger partial charge in [-0.3, -0.25) is 14.6 Å². The molecule has 0 radical (unpaired) electrons. The van der Waals surface area contributed by atoms with Gasteiger partial charge in [-0.25, -0.2) is 18.1 Å². The summed E-state index contributed by atoms with van der Waals surface area (Å²) in [6, 6.07) is 13.1. The van der Waals surface area contributed by atoms with Gasteiger partial charge in [-0.2, -0.15) is 0 Å². The third kappa shape index (κ3) is 5.31. The number of hydrogen-bond acceptors (Lipinski definition) is 7. The Balaban J connectivity index is 1.57. The van der Waals surface area contributed by atoms with Crippen molar-refractivity contribution >= 4 is 27.4 Å². The van der Waals surface area contributed by atoms with Crippen LogP contribution in [0.5, 0.6) is 0 Å². The number of nitrogens with zero attached hydrogens (tertiary/aromatic N) is 2. The fourth-order valence-corrected chi connectivity index (χ4v) is 4.78. The number of hydrogen-bond donors (Lipinski definition) is 2. The molecule has 2 heterocycles. The lowest BCUT2D eigenvalue weighted by atomic mass is 9.72. The fraction of sp³-hybridized carbons (Fsp3) is 0.280. The van der Waals surface area contributed by atoms with E-state index in [2.05, 4.69) is 29.1 Å². The van der Waals surface area contributed by atoms with Gasteiger partial charge in [0.05, 0.1) is 18.5 Å². The molecule has 1 atom stereocenters. The normalized spacial score (nSPS) is 16.7. The minimum atomic E-state index is -3.64. The summed E-state index contributed by atoms with van der Waals surface area (Å²) in [5.41, 5.74) is 4.20. The lowest BCUT2D eigenvalue weighted by molar-refractivity contribution is 0.0975. The molecule has 0 saturated carbocycles. The number of benzene rings is 2. The lowest BCUT2D eigenvalue weighted by Crippen LogP contribution is -2.35. The molecule has 0 saturated heterocycles. The number of sulfonamides is 1. The zero-order chi connectivity index (χ0) is 24.5. The molecule has 8 nitrogen and oxygen atoms in total. The maximum absolute atomic E-state index is 12.6. The summed E-state index contributed by atoms with van der Waals surface area (Å²) in [6.07, 6.45) is 6.38. The fourth-order valence-electron chi connectivity index (χ4n) is 4.33. The SMILES string of the molecule is CC1(C)Cc2cc(C(=O)NS(C)(=O)=O)ccc2NC1c1cccc(CC(=O)c2cnccn2)c1. The maximum atomic E-state index is 12.6. The number of ketones is 1. The summed E-state index contributed by atoms with van der Waals surface area (Å²) in [4.78, 5) is 32.9. The van der Waals surface area contributed by atoms with Crippen LogP contribution < -0.4 is 10.0 Å². The van der Waals surface area contributed by atoms with Gasteiger partial charge in [-0.15, -0.1) is 0 Å². The smallest absolute Gasteiger partial charge is 0.264 e. The Kier molecular flexibility index (Phi) is 6.22. The Morgan fingerprint density at radius 2 is 1.94 bits per heavy atom.